The van der Waals surface area contributed by atoms with Crippen molar-refractivity contribution in [2.75, 3.05) is 24.3 Å². The molecule has 34 heavy (non-hydrogen) atoms. The van der Waals surface area contributed by atoms with Crippen LogP contribution < -0.4 is 15.4 Å². The number of ether oxygens (including phenoxy) is 1. The Morgan fingerprint density at radius 2 is 1.59 bits per heavy atom. The predicted molar refractivity (Wildman–Crippen MR) is 131 cm³/mol. The minimum absolute atomic E-state index is 0.000376. The van der Waals surface area contributed by atoms with E-state index in [1.807, 2.05) is 6.07 Å². The van der Waals surface area contributed by atoms with E-state index in [2.05, 4.69) is 10.6 Å². The standard InChI is InChI=1S/C25H27N3O5S/c1-18-12-13-23(33-3)24(14-18)34(31,32)28(16-20-8-5-4-6-9-20)17-25(30)27-22-11-7-10-21(15-22)26-19(2)29/h4-15H,16-17H2,1-3H3,(H,26,29)(H,27,30). The van der Waals surface area contributed by atoms with Gasteiger partial charge in [-0.3, -0.25) is 9.59 Å². The van der Waals surface area contributed by atoms with Crippen molar-refractivity contribution in [2.45, 2.75) is 25.3 Å². The summed E-state index contributed by atoms with van der Waals surface area (Å²) in [5.74, 6) is -0.561. The van der Waals surface area contributed by atoms with Crippen molar-refractivity contribution in [1.29, 1.82) is 0 Å². The first-order chi connectivity index (χ1) is 16.2. The zero-order valence-corrected chi connectivity index (χ0v) is 20.1. The molecule has 8 nitrogen and oxygen atoms in total. The van der Waals surface area contributed by atoms with Crippen molar-refractivity contribution in [3.63, 3.8) is 0 Å². The summed E-state index contributed by atoms with van der Waals surface area (Å²) in [6, 6.07) is 20.5. The maximum atomic E-state index is 13.7. The third-order valence-corrected chi connectivity index (χ3v) is 6.74. The minimum Gasteiger partial charge on any atom is -0.495 e. The summed E-state index contributed by atoms with van der Waals surface area (Å²) in [6.45, 7) is 2.75. The van der Waals surface area contributed by atoms with Crippen LogP contribution in [0.3, 0.4) is 0 Å². The van der Waals surface area contributed by atoms with Crippen molar-refractivity contribution in [1.82, 2.24) is 4.31 Å². The summed E-state index contributed by atoms with van der Waals surface area (Å²) in [5.41, 5.74) is 2.43. The molecule has 3 rings (SSSR count). The lowest BCUT2D eigenvalue weighted by Crippen LogP contribution is -2.37. The largest absolute Gasteiger partial charge is 0.495 e. The monoisotopic (exact) mass is 481 g/mol. The highest BCUT2D eigenvalue weighted by Crippen LogP contribution is 2.29. The molecule has 0 heterocycles. The van der Waals surface area contributed by atoms with Gasteiger partial charge >= 0.3 is 0 Å². The van der Waals surface area contributed by atoms with Gasteiger partial charge < -0.3 is 15.4 Å². The van der Waals surface area contributed by atoms with Gasteiger partial charge in [-0.25, -0.2) is 8.42 Å². The van der Waals surface area contributed by atoms with Crippen LogP contribution in [0.5, 0.6) is 5.75 Å². The first-order valence-corrected chi connectivity index (χ1v) is 12.0. The van der Waals surface area contributed by atoms with Crippen LogP contribution in [0.1, 0.15) is 18.1 Å². The number of nitrogens with zero attached hydrogens (tertiary/aromatic N) is 1. The number of nitrogens with one attached hydrogen (secondary N) is 2. The third kappa shape index (κ3) is 6.43. The number of carbonyl (C=O) groups excluding carboxylic acids is 2. The lowest BCUT2D eigenvalue weighted by atomic mass is 10.2. The van der Waals surface area contributed by atoms with Gasteiger partial charge in [0.1, 0.15) is 10.6 Å². The summed E-state index contributed by atoms with van der Waals surface area (Å²) in [6.07, 6.45) is 0. The highest BCUT2D eigenvalue weighted by molar-refractivity contribution is 7.89. The topological polar surface area (TPSA) is 105 Å². The summed E-state index contributed by atoms with van der Waals surface area (Å²) >= 11 is 0. The second-order valence-corrected chi connectivity index (χ2v) is 9.63. The molecule has 0 aliphatic heterocycles. The number of amides is 2. The first-order valence-electron chi connectivity index (χ1n) is 10.6. The molecule has 0 spiro atoms. The fourth-order valence-corrected chi connectivity index (χ4v) is 5.00. The van der Waals surface area contributed by atoms with E-state index in [4.69, 9.17) is 4.74 Å². The Morgan fingerprint density at radius 3 is 2.24 bits per heavy atom. The Labute approximate surface area is 199 Å². The molecule has 3 aromatic carbocycles. The third-order valence-electron chi connectivity index (χ3n) is 4.93. The Hall–Kier alpha value is -3.69. The van der Waals surface area contributed by atoms with Crippen LogP contribution in [0.25, 0.3) is 0 Å². The average Bonchev–Trinajstić information content (AvgIpc) is 2.79. The van der Waals surface area contributed by atoms with Gasteiger partial charge in [-0.05, 0) is 48.4 Å². The number of sulfonamides is 1. The normalized spacial score (nSPS) is 11.2. The van der Waals surface area contributed by atoms with E-state index in [0.717, 1.165) is 15.4 Å². The van der Waals surface area contributed by atoms with Gasteiger partial charge in [0.05, 0.1) is 13.7 Å². The molecular weight excluding hydrogens is 454 g/mol. The van der Waals surface area contributed by atoms with Gasteiger partial charge in [0.25, 0.3) is 0 Å². The Bertz CT molecular complexity index is 1280. The molecule has 2 amide bonds. The summed E-state index contributed by atoms with van der Waals surface area (Å²) in [4.78, 5) is 24.2. The van der Waals surface area contributed by atoms with E-state index in [-0.39, 0.29) is 23.1 Å². The van der Waals surface area contributed by atoms with E-state index in [1.165, 1.54) is 20.1 Å². The smallest absolute Gasteiger partial charge is 0.247 e. The van der Waals surface area contributed by atoms with E-state index in [0.29, 0.717) is 11.4 Å². The Kier molecular flexibility index (Phi) is 8.04. The Balaban J connectivity index is 1.90. The van der Waals surface area contributed by atoms with Crippen molar-refractivity contribution in [3.05, 3.63) is 83.9 Å². The van der Waals surface area contributed by atoms with Crippen molar-refractivity contribution in [3.8, 4) is 5.75 Å². The molecule has 178 valence electrons. The molecule has 0 unspecified atom stereocenters. The van der Waals surface area contributed by atoms with Crippen molar-refractivity contribution in [2.24, 2.45) is 0 Å². The molecule has 0 bridgehead atoms. The van der Waals surface area contributed by atoms with Gasteiger partial charge in [0, 0.05) is 24.8 Å². The molecule has 3 aromatic rings. The maximum absolute atomic E-state index is 13.7. The highest BCUT2D eigenvalue weighted by atomic mass is 32.2. The van der Waals surface area contributed by atoms with E-state index >= 15 is 0 Å². The lowest BCUT2D eigenvalue weighted by Gasteiger charge is -2.23. The SMILES string of the molecule is COc1ccc(C)cc1S(=O)(=O)N(CC(=O)Nc1cccc(NC(C)=O)c1)Cc1ccccc1. The van der Waals surface area contributed by atoms with Gasteiger partial charge in [0.15, 0.2) is 0 Å². The van der Waals surface area contributed by atoms with Crippen molar-refractivity contribution >= 4 is 33.2 Å². The molecule has 0 fully saturated rings. The maximum Gasteiger partial charge on any atom is 0.247 e. The number of rotatable bonds is 9. The van der Waals surface area contributed by atoms with E-state index < -0.39 is 22.5 Å². The second kappa shape index (κ2) is 11.0. The van der Waals surface area contributed by atoms with E-state index in [9.17, 15) is 18.0 Å². The van der Waals surface area contributed by atoms with Crippen LogP contribution in [-0.2, 0) is 26.2 Å². The fraction of sp³-hybridized carbons (Fsp3) is 0.200. The number of aryl methyl sites for hydroxylation is 1. The molecule has 0 saturated heterocycles. The minimum atomic E-state index is -4.09. The molecule has 2 N–H and O–H groups in total. The van der Waals surface area contributed by atoms with Gasteiger partial charge in [-0.1, -0.05) is 42.5 Å². The van der Waals surface area contributed by atoms with E-state index in [1.54, 1.807) is 67.6 Å². The van der Waals surface area contributed by atoms with Gasteiger partial charge in [-0.2, -0.15) is 4.31 Å². The number of benzene rings is 3. The van der Waals surface area contributed by atoms with Crippen LogP contribution in [0.2, 0.25) is 0 Å². The molecule has 0 aliphatic rings. The molecule has 0 radical (unpaired) electrons. The van der Waals surface area contributed by atoms with Crippen LogP contribution in [-0.4, -0.2) is 38.2 Å². The van der Waals surface area contributed by atoms with Gasteiger partial charge in [-0.15, -0.1) is 0 Å². The molecule has 0 atom stereocenters. The van der Waals surface area contributed by atoms with Crippen LogP contribution >= 0.6 is 0 Å². The second-order valence-electron chi connectivity index (χ2n) is 7.72. The molecular formula is C25H27N3O5S. The predicted octanol–water partition coefficient (Wildman–Crippen LogP) is 3.79. The van der Waals surface area contributed by atoms with Crippen LogP contribution in [0.15, 0.2) is 77.7 Å². The zero-order chi connectivity index (χ0) is 24.7. The first kappa shape index (κ1) is 24.9. The fourth-order valence-electron chi connectivity index (χ4n) is 3.38. The van der Waals surface area contributed by atoms with Crippen LogP contribution in [0, 0.1) is 6.92 Å². The average molecular weight is 482 g/mol. The van der Waals surface area contributed by atoms with Gasteiger partial charge in [0.2, 0.25) is 21.8 Å². The molecule has 0 aliphatic carbocycles. The highest BCUT2D eigenvalue weighted by Gasteiger charge is 2.30. The summed E-state index contributed by atoms with van der Waals surface area (Å²) in [7, 11) is -2.68. The number of hydrogen-bond donors (Lipinski definition) is 2. The van der Waals surface area contributed by atoms with Crippen molar-refractivity contribution < 1.29 is 22.7 Å². The molecule has 9 heteroatoms. The molecule has 0 aromatic heterocycles. The zero-order valence-electron chi connectivity index (χ0n) is 19.2. The summed E-state index contributed by atoms with van der Waals surface area (Å²) in [5, 5.41) is 5.35. The quantitative estimate of drug-likeness (QED) is 0.484. The Morgan fingerprint density at radius 1 is 0.912 bits per heavy atom. The number of methoxy groups -OCH3 is 1. The summed E-state index contributed by atoms with van der Waals surface area (Å²) < 4.78 is 33.7. The molecule has 0 saturated carbocycles. The number of carbonyl (C=O) groups is 2. The van der Waals surface area contributed by atoms with Crippen LogP contribution in [0.4, 0.5) is 11.4 Å². The number of anilines is 2. The lowest BCUT2D eigenvalue weighted by molar-refractivity contribution is -0.116. The number of hydrogen-bond acceptors (Lipinski definition) is 5.